The number of rotatable bonds is 0. The smallest absolute Gasteiger partial charge is 0.213 e. The second kappa shape index (κ2) is 2.36. The molecule has 3 heteroatoms. The van der Waals surface area contributed by atoms with Crippen molar-refractivity contribution in [2.75, 3.05) is 0 Å². The number of hydrogen-bond donors (Lipinski definition) is 0. The van der Waals surface area contributed by atoms with Crippen LogP contribution < -0.4 is 0 Å². The molecule has 0 N–H and O–H groups in total. The zero-order chi connectivity index (χ0) is 6.91. The molecule has 0 aromatic carbocycles. The Kier molecular flexibility index (Phi) is 1.88. The fourth-order valence-corrected chi connectivity index (χ4v) is 0.981. The predicted molar refractivity (Wildman–Crippen MR) is 41.0 cm³/mol. The quantitative estimate of drug-likeness (QED) is 0.452. The van der Waals surface area contributed by atoms with Crippen molar-refractivity contribution in [1.82, 2.24) is 0 Å². The van der Waals surface area contributed by atoms with Gasteiger partial charge in [-0.05, 0) is 34.7 Å². The maximum atomic E-state index is 12.7. The van der Waals surface area contributed by atoms with Gasteiger partial charge in [-0.2, -0.15) is 0 Å². The number of allylic oxidation sites excluding steroid dienone is 4. The molecular weight excluding hydrogens is 237 g/mol. The van der Waals surface area contributed by atoms with Gasteiger partial charge in [-0.15, -0.1) is 0 Å². The summed E-state index contributed by atoms with van der Waals surface area (Å²) in [5.74, 6) is 0. The molecule has 0 saturated carbocycles. The molecule has 2 atom stereocenters. The monoisotopic (exact) mass is 242 g/mol. The summed E-state index contributed by atoms with van der Waals surface area (Å²) in [6.07, 6.45) is 3.91. The van der Waals surface area contributed by atoms with Gasteiger partial charge in [0, 0.05) is 0 Å². The van der Waals surface area contributed by atoms with E-state index >= 15 is 0 Å². The van der Waals surface area contributed by atoms with E-state index in [0.29, 0.717) is 0 Å². The highest BCUT2D eigenvalue weighted by Crippen LogP contribution is 2.32. The summed E-state index contributed by atoms with van der Waals surface area (Å²) < 4.78 is 23.4. The van der Waals surface area contributed by atoms with Crippen LogP contribution in [0.5, 0.6) is 0 Å². The lowest BCUT2D eigenvalue weighted by atomic mass is 10.1. The molecule has 0 aromatic rings. The van der Waals surface area contributed by atoms with Gasteiger partial charge in [-0.3, -0.25) is 0 Å². The van der Waals surface area contributed by atoms with Gasteiger partial charge in [0.05, 0.1) is 0 Å². The molecule has 0 fully saturated rings. The van der Waals surface area contributed by atoms with E-state index in [4.69, 9.17) is 0 Å². The minimum atomic E-state index is -1.83. The van der Waals surface area contributed by atoms with Gasteiger partial charge in [-0.25, -0.2) is 8.78 Å². The molecule has 2 unspecified atom stereocenters. The molecule has 0 aromatic heterocycles. The van der Waals surface area contributed by atoms with E-state index in [-0.39, 0.29) is 0 Å². The van der Waals surface area contributed by atoms with Gasteiger partial charge < -0.3 is 0 Å². The van der Waals surface area contributed by atoms with Crippen LogP contribution in [0.1, 0.15) is 0 Å². The Morgan fingerprint density at radius 2 is 2.11 bits per heavy atom. The van der Waals surface area contributed by atoms with Crippen molar-refractivity contribution in [2.24, 2.45) is 0 Å². The molecule has 0 spiro atoms. The number of alkyl halides is 3. The Hall–Kier alpha value is 0.0700. The van der Waals surface area contributed by atoms with Crippen molar-refractivity contribution in [2.45, 2.75) is 9.85 Å². The summed E-state index contributed by atoms with van der Waals surface area (Å²) in [4.78, 5) is 0. The molecule has 1 aliphatic carbocycles. The Bertz CT molecular complexity index is 160. The minimum Gasteiger partial charge on any atom is -0.238 e. The third-order valence-electron chi connectivity index (χ3n) is 1.08. The van der Waals surface area contributed by atoms with E-state index < -0.39 is 9.85 Å². The summed E-state index contributed by atoms with van der Waals surface area (Å²) in [6.45, 7) is 0. The maximum Gasteiger partial charge on any atom is 0.213 e. The van der Waals surface area contributed by atoms with Crippen molar-refractivity contribution in [3.63, 3.8) is 0 Å². The van der Waals surface area contributed by atoms with E-state index in [1.807, 2.05) is 0 Å². The van der Waals surface area contributed by atoms with E-state index in [1.165, 1.54) is 46.9 Å². The van der Waals surface area contributed by atoms with Gasteiger partial charge in [0.25, 0.3) is 0 Å². The topological polar surface area (TPSA) is 0 Å². The second-order valence-corrected chi connectivity index (χ2v) is 3.47. The van der Waals surface area contributed by atoms with Crippen molar-refractivity contribution < 1.29 is 8.78 Å². The van der Waals surface area contributed by atoms with Crippen molar-refractivity contribution >= 4 is 22.6 Å². The average Bonchev–Trinajstić information content (AvgIpc) is 1.77. The highest BCUT2D eigenvalue weighted by atomic mass is 127. The summed E-state index contributed by atoms with van der Waals surface area (Å²) >= 11 is 1.44. The molecule has 1 aliphatic rings. The lowest BCUT2D eigenvalue weighted by Crippen LogP contribution is -2.24. The molecule has 0 radical (unpaired) electrons. The maximum absolute atomic E-state index is 12.7. The Balaban J connectivity index is 2.78. The number of hydrogen-bond acceptors (Lipinski definition) is 0. The molecule has 50 valence electrons. The number of halogens is 3. The van der Waals surface area contributed by atoms with Gasteiger partial charge >= 0.3 is 0 Å². The van der Waals surface area contributed by atoms with Crippen LogP contribution in [-0.2, 0) is 0 Å². The van der Waals surface area contributed by atoms with Crippen molar-refractivity contribution in [1.29, 1.82) is 0 Å². The molecule has 0 heterocycles. The van der Waals surface area contributed by atoms with Crippen LogP contribution in [0.25, 0.3) is 0 Å². The summed E-state index contributed by atoms with van der Waals surface area (Å²) in [6, 6.07) is 0. The van der Waals surface area contributed by atoms with Crippen LogP contribution >= 0.6 is 22.6 Å². The third kappa shape index (κ3) is 1.50. The standard InChI is InChI=1S/C6H5F2I/c7-5-3-1-2-4-6(5,8)9/h1-5H. The van der Waals surface area contributed by atoms with Gasteiger partial charge in [0.2, 0.25) is 3.68 Å². The van der Waals surface area contributed by atoms with E-state index in [2.05, 4.69) is 0 Å². The van der Waals surface area contributed by atoms with Gasteiger partial charge in [0.1, 0.15) is 0 Å². The molecule has 0 amide bonds. The highest BCUT2D eigenvalue weighted by Gasteiger charge is 2.32. The zero-order valence-electron chi connectivity index (χ0n) is 4.52. The third-order valence-corrected chi connectivity index (χ3v) is 2.03. The first-order valence-electron chi connectivity index (χ1n) is 2.51. The molecule has 1 rings (SSSR count). The van der Waals surface area contributed by atoms with Gasteiger partial charge in [-0.1, -0.05) is 12.2 Å². The lowest BCUT2D eigenvalue weighted by molar-refractivity contribution is 0.230. The molecule has 0 aliphatic heterocycles. The van der Waals surface area contributed by atoms with Crippen LogP contribution in [0, 0.1) is 0 Å². The molecule has 9 heavy (non-hydrogen) atoms. The largest absolute Gasteiger partial charge is 0.238 e. The van der Waals surface area contributed by atoms with E-state index in [9.17, 15) is 8.78 Å². The lowest BCUT2D eigenvalue weighted by Gasteiger charge is -2.17. The Morgan fingerprint density at radius 3 is 2.44 bits per heavy atom. The molecule has 0 bridgehead atoms. The summed E-state index contributed by atoms with van der Waals surface area (Å²) in [5.41, 5.74) is 0. The van der Waals surface area contributed by atoms with Crippen molar-refractivity contribution in [3.05, 3.63) is 24.3 Å². The van der Waals surface area contributed by atoms with Crippen LogP contribution in [0.2, 0.25) is 0 Å². The SMILES string of the molecule is FC1C=CC=CC1(F)I. The summed E-state index contributed by atoms with van der Waals surface area (Å²) in [5, 5.41) is 0. The first kappa shape index (κ1) is 7.18. The molecule has 0 nitrogen and oxygen atoms in total. The van der Waals surface area contributed by atoms with Crippen LogP contribution in [0.15, 0.2) is 24.3 Å². The van der Waals surface area contributed by atoms with Crippen LogP contribution in [-0.4, -0.2) is 9.85 Å². The second-order valence-electron chi connectivity index (χ2n) is 1.82. The van der Waals surface area contributed by atoms with E-state index in [0.717, 1.165) is 0 Å². The first-order chi connectivity index (χ1) is 4.13. The molecule has 0 saturated heterocycles. The highest BCUT2D eigenvalue weighted by molar-refractivity contribution is 14.1. The minimum absolute atomic E-state index is 1.20. The Morgan fingerprint density at radius 1 is 1.44 bits per heavy atom. The normalized spacial score (nSPS) is 41.4. The predicted octanol–water partition coefficient (Wildman–Crippen LogP) is 2.55. The average molecular weight is 242 g/mol. The Labute approximate surface area is 65.8 Å². The zero-order valence-corrected chi connectivity index (χ0v) is 6.68. The van der Waals surface area contributed by atoms with E-state index in [1.54, 1.807) is 0 Å². The molecular formula is C6H5F2I. The summed E-state index contributed by atoms with van der Waals surface area (Å²) in [7, 11) is 0. The van der Waals surface area contributed by atoms with Crippen LogP contribution in [0.4, 0.5) is 8.78 Å². The van der Waals surface area contributed by atoms with Crippen LogP contribution in [0.3, 0.4) is 0 Å². The first-order valence-corrected chi connectivity index (χ1v) is 3.59. The van der Waals surface area contributed by atoms with Gasteiger partial charge in [0.15, 0.2) is 6.17 Å². The fourth-order valence-electron chi connectivity index (χ4n) is 0.566. The van der Waals surface area contributed by atoms with Crippen molar-refractivity contribution in [3.8, 4) is 0 Å². The fraction of sp³-hybridized carbons (Fsp3) is 0.333.